The number of rotatable bonds is 8. The van der Waals surface area contributed by atoms with E-state index in [4.69, 9.17) is 0 Å². The number of hydrogen-bond acceptors (Lipinski definition) is 2. The van der Waals surface area contributed by atoms with E-state index in [0.29, 0.717) is 6.04 Å². The summed E-state index contributed by atoms with van der Waals surface area (Å²) in [5, 5.41) is 3.50. The van der Waals surface area contributed by atoms with Crippen LogP contribution in [0.4, 0.5) is 11.4 Å². The molecule has 0 aliphatic heterocycles. The molecular formula is C32H39NS. The van der Waals surface area contributed by atoms with E-state index in [9.17, 15) is 0 Å². The fourth-order valence-corrected chi connectivity index (χ4v) is 6.16. The SMILES string of the molecule is CCCC(C)(C)c1ccc(-c2ccc(N(c3ccc4sccc4c3)C(C)CC)c(C)c2)cc1C. The zero-order valence-corrected chi connectivity index (χ0v) is 22.7. The van der Waals surface area contributed by atoms with Crippen LogP contribution in [0, 0.1) is 13.8 Å². The molecule has 1 nitrogen and oxygen atoms in total. The Morgan fingerprint density at radius 2 is 1.56 bits per heavy atom. The third-order valence-electron chi connectivity index (χ3n) is 7.37. The molecule has 0 bridgehead atoms. The molecule has 0 aliphatic carbocycles. The van der Waals surface area contributed by atoms with Crippen molar-refractivity contribution >= 4 is 32.8 Å². The lowest BCUT2D eigenvalue weighted by molar-refractivity contribution is 0.471. The quantitative estimate of drug-likeness (QED) is 0.248. The standard InChI is InChI=1S/C32H39NS/c1-8-17-32(6,7)29-13-10-25(19-22(29)3)26-11-14-30(23(4)20-26)33(24(5)9-2)28-12-15-31-27(21-28)16-18-34-31/h10-16,18-21,24H,8-9,17H2,1-7H3. The Bertz CT molecular complexity index is 1280. The molecule has 1 atom stereocenters. The molecule has 0 spiro atoms. The van der Waals surface area contributed by atoms with Crippen LogP contribution in [0.25, 0.3) is 21.2 Å². The molecule has 0 fully saturated rings. The summed E-state index contributed by atoms with van der Waals surface area (Å²) in [6, 6.07) is 23.5. The van der Waals surface area contributed by atoms with Crippen LogP contribution in [0.1, 0.15) is 70.6 Å². The second kappa shape index (κ2) is 9.96. The van der Waals surface area contributed by atoms with E-state index in [2.05, 4.69) is 119 Å². The van der Waals surface area contributed by atoms with Gasteiger partial charge >= 0.3 is 0 Å². The van der Waals surface area contributed by atoms with Crippen LogP contribution < -0.4 is 4.90 Å². The largest absolute Gasteiger partial charge is 0.338 e. The first-order chi connectivity index (χ1) is 16.2. The van der Waals surface area contributed by atoms with Crippen LogP contribution >= 0.6 is 11.3 Å². The van der Waals surface area contributed by atoms with Crippen molar-refractivity contribution in [3.63, 3.8) is 0 Å². The number of nitrogens with zero attached hydrogens (tertiary/aromatic N) is 1. The molecule has 3 aromatic carbocycles. The van der Waals surface area contributed by atoms with Gasteiger partial charge in [0, 0.05) is 22.1 Å². The van der Waals surface area contributed by atoms with Gasteiger partial charge in [0.05, 0.1) is 0 Å². The Labute approximate surface area is 210 Å². The predicted molar refractivity (Wildman–Crippen MR) is 153 cm³/mol. The van der Waals surface area contributed by atoms with E-state index < -0.39 is 0 Å². The van der Waals surface area contributed by atoms with Gasteiger partial charge < -0.3 is 4.90 Å². The van der Waals surface area contributed by atoms with Crippen molar-refractivity contribution in [1.29, 1.82) is 0 Å². The van der Waals surface area contributed by atoms with Gasteiger partial charge in [0.25, 0.3) is 0 Å². The minimum absolute atomic E-state index is 0.220. The summed E-state index contributed by atoms with van der Waals surface area (Å²) in [7, 11) is 0. The summed E-state index contributed by atoms with van der Waals surface area (Å²) >= 11 is 1.81. The molecule has 0 saturated heterocycles. The van der Waals surface area contributed by atoms with Gasteiger partial charge in [-0.2, -0.15) is 0 Å². The number of aryl methyl sites for hydroxylation is 2. The van der Waals surface area contributed by atoms with Crippen molar-refractivity contribution in [2.24, 2.45) is 0 Å². The molecule has 1 aromatic heterocycles. The minimum Gasteiger partial charge on any atom is -0.338 e. The van der Waals surface area contributed by atoms with E-state index in [1.54, 1.807) is 0 Å². The summed E-state index contributed by atoms with van der Waals surface area (Å²) in [6.07, 6.45) is 3.52. The van der Waals surface area contributed by atoms with Crippen LogP contribution in [0.15, 0.2) is 66.0 Å². The van der Waals surface area contributed by atoms with Crippen LogP contribution in [0.2, 0.25) is 0 Å². The van der Waals surface area contributed by atoms with Crippen molar-refractivity contribution < 1.29 is 0 Å². The molecule has 0 N–H and O–H groups in total. The Balaban J connectivity index is 1.71. The average Bonchev–Trinajstić information content (AvgIpc) is 3.28. The molecule has 178 valence electrons. The first-order valence-electron chi connectivity index (χ1n) is 12.7. The maximum Gasteiger partial charge on any atom is 0.0443 e. The smallest absolute Gasteiger partial charge is 0.0443 e. The fourth-order valence-electron chi connectivity index (χ4n) is 5.39. The Morgan fingerprint density at radius 3 is 2.21 bits per heavy atom. The summed E-state index contributed by atoms with van der Waals surface area (Å²) in [4.78, 5) is 2.51. The van der Waals surface area contributed by atoms with Gasteiger partial charge in [-0.3, -0.25) is 0 Å². The first kappa shape index (κ1) is 24.5. The van der Waals surface area contributed by atoms with Gasteiger partial charge in [0.2, 0.25) is 0 Å². The average molecular weight is 470 g/mol. The third kappa shape index (κ3) is 4.79. The van der Waals surface area contributed by atoms with E-state index >= 15 is 0 Å². The zero-order chi connectivity index (χ0) is 24.5. The minimum atomic E-state index is 0.220. The normalized spacial score (nSPS) is 12.8. The van der Waals surface area contributed by atoms with Gasteiger partial charge in [-0.15, -0.1) is 11.3 Å². The number of fused-ring (bicyclic) bond motifs is 1. The first-order valence-corrected chi connectivity index (χ1v) is 13.6. The molecule has 4 aromatic rings. The molecule has 1 heterocycles. The van der Waals surface area contributed by atoms with Gasteiger partial charge in [0.15, 0.2) is 0 Å². The summed E-state index contributed by atoms with van der Waals surface area (Å²) in [6.45, 7) is 16.1. The summed E-state index contributed by atoms with van der Waals surface area (Å²) in [5.74, 6) is 0. The van der Waals surface area contributed by atoms with Crippen molar-refractivity contribution in [3.8, 4) is 11.1 Å². The molecule has 0 aliphatic rings. The highest BCUT2D eigenvalue weighted by atomic mass is 32.1. The molecule has 0 amide bonds. The summed E-state index contributed by atoms with van der Waals surface area (Å²) < 4.78 is 1.35. The maximum absolute atomic E-state index is 2.51. The number of thiophene rings is 1. The fraction of sp³-hybridized carbons (Fsp3) is 0.375. The summed E-state index contributed by atoms with van der Waals surface area (Å²) in [5.41, 5.74) is 9.56. The van der Waals surface area contributed by atoms with Gasteiger partial charge in [-0.1, -0.05) is 58.4 Å². The molecule has 4 rings (SSSR count). The van der Waals surface area contributed by atoms with E-state index in [1.165, 1.54) is 62.1 Å². The van der Waals surface area contributed by atoms with E-state index in [-0.39, 0.29) is 5.41 Å². The van der Waals surface area contributed by atoms with Crippen LogP contribution in [-0.4, -0.2) is 6.04 Å². The van der Waals surface area contributed by atoms with Crippen molar-refractivity contribution in [3.05, 3.63) is 82.7 Å². The molecular weight excluding hydrogens is 430 g/mol. The lowest BCUT2D eigenvalue weighted by Crippen LogP contribution is -2.28. The van der Waals surface area contributed by atoms with E-state index in [0.717, 1.165) is 6.42 Å². The maximum atomic E-state index is 2.51. The highest BCUT2D eigenvalue weighted by molar-refractivity contribution is 7.17. The van der Waals surface area contributed by atoms with Gasteiger partial charge in [0.1, 0.15) is 0 Å². The molecule has 0 radical (unpaired) electrons. The topological polar surface area (TPSA) is 3.24 Å². The number of benzene rings is 3. The van der Waals surface area contributed by atoms with Crippen molar-refractivity contribution in [1.82, 2.24) is 0 Å². The third-order valence-corrected chi connectivity index (χ3v) is 8.26. The Kier molecular flexibility index (Phi) is 7.19. The van der Waals surface area contributed by atoms with Crippen molar-refractivity contribution in [2.75, 3.05) is 4.90 Å². The van der Waals surface area contributed by atoms with Gasteiger partial charge in [-0.25, -0.2) is 0 Å². The lowest BCUT2D eigenvalue weighted by atomic mass is 9.78. The van der Waals surface area contributed by atoms with Crippen LogP contribution in [-0.2, 0) is 5.41 Å². The molecule has 0 saturated carbocycles. The van der Waals surface area contributed by atoms with Crippen LogP contribution in [0.3, 0.4) is 0 Å². The van der Waals surface area contributed by atoms with Crippen molar-refractivity contribution in [2.45, 2.75) is 79.2 Å². The highest BCUT2D eigenvalue weighted by Gasteiger charge is 2.22. The van der Waals surface area contributed by atoms with Crippen LogP contribution in [0.5, 0.6) is 0 Å². The Morgan fingerprint density at radius 1 is 0.853 bits per heavy atom. The monoisotopic (exact) mass is 469 g/mol. The predicted octanol–water partition coefficient (Wildman–Crippen LogP) is 10.2. The molecule has 2 heteroatoms. The molecule has 1 unspecified atom stereocenters. The lowest BCUT2D eigenvalue weighted by Gasteiger charge is -2.32. The van der Waals surface area contributed by atoms with Gasteiger partial charge in [-0.05, 0) is 114 Å². The van der Waals surface area contributed by atoms with E-state index in [1.807, 2.05) is 11.3 Å². The highest BCUT2D eigenvalue weighted by Crippen LogP contribution is 2.38. The number of hydrogen-bond donors (Lipinski definition) is 0. The second-order valence-corrected chi connectivity index (χ2v) is 11.4. The Hall–Kier alpha value is -2.58. The zero-order valence-electron chi connectivity index (χ0n) is 21.9. The second-order valence-electron chi connectivity index (χ2n) is 10.4. The molecule has 34 heavy (non-hydrogen) atoms. The number of anilines is 2.